The predicted molar refractivity (Wildman–Crippen MR) is 266 cm³/mol. The predicted octanol–water partition coefficient (Wildman–Crippen LogP) is 17.9. The molecule has 0 heterocycles. The van der Waals surface area contributed by atoms with Crippen LogP contribution in [0.5, 0.6) is 0 Å². The molecule has 0 aromatic carbocycles. The third kappa shape index (κ3) is 48.9. The molecule has 0 aliphatic rings. The summed E-state index contributed by atoms with van der Waals surface area (Å²) in [6.45, 7) is 6.58. The summed E-state index contributed by atoms with van der Waals surface area (Å²) in [6.07, 6.45) is 59.2. The van der Waals surface area contributed by atoms with Crippen LogP contribution >= 0.6 is 0 Å². The van der Waals surface area contributed by atoms with Gasteiger partial charge >= 0.3 is 17.9 Å². The summed E-state index contributed by atoms with van der Waals surface area (Å²) in [5.74, 6) is -0.869. The molecule has 0 bridgehead atoms. The van der Waals surface area contributed by atoms with Gasteiger partial charge < -0.3 is 14.2 Å². The van der Waals surface area contributed by atoms with Crippen LogP contribution in [-0.2, 0) is 28.6 Å². The van der Waals surface area contributed by atoms with Crippen molar-refractivity contribution in [1.29, 1.82) is 0 Å². The first-order chi connectivity index (χ1) is 30.5. The minimum atomic E-state index is -0.764. The van der Waals surface area contributed by atoms with E-state index in [1.165, 1.54) is 186 Å². The van der Waals surface area contributed by atoms with E-state index in [0.29, 0.717) is 19.3 Å². The van der Waals surface area contributed by atoms with Crippen molar-refractivity contribution in [2.75, 3.05) is 13.2 Å². The van der Waals surface area contributed by atoms with Crippen LogP contribution in [0.15, 0.2) is 24.3 Å². The van der Waals surface area contributed by atoms with Crippen molar-refractivity contribution in [3.63, 3.8) is 0 Å². The summed E-state index contributed by atoms with van der Waals surface area (Å²) >= 11 is 0. The van der Waals surface area contributed by atoms with Crippen LogP contribution < -0.4 is 0 Å². The number of rotatable bonds is 50. The standard InChI is InChI=1S/C56H104O6/c1-4-7-10-13-15-17-19-21-23-25-26-27-28-29-30-31-33-34-36-38-40-43-46-49-55(58)61-52-53(51-60-54(57)48-45-42-12-9-6-3)62-56(59)50-47-44-41-39-37-35-32-24-22-20-18-16-14-11-8-5-2/h19,21,25-26,53H,4-18,20,22-24,27-52H2,1-3H3/b21-19-,26-25-. The Kier molecular flexibility index (Phi) is 49.8. The average molecular weight is 873 g/mol. The smallest absolute Gasteiger partial charge is 0.306 e. The van der Waals surface area contributed by atoms with Gasteiger partial charge in [0.15, 0.2) is 6.10 Å². The van der Waals surface area contributed by atoms with Gasteiger partial charge in [-0.05, 0) is 51.4 Å². The van der Waals surface area contributed by atoms with E-state index in [-0.39, 0.29) is 31.1 Å². The second kappa shape index (κ2) is 51.5. The second-order valence-electron chi connectivity index (χ2n) is 18.5. The van der Waals surface area contributed by atoms with Crippen LogP contribution in [0.3, 0.4) is 0 Å². The quantitative estimate of drug-likeness (QED) is 0.0262. The Morgan fingerprint density at radius 1 is 0.323 bits per heavy atom. The highest BCUT2D eigenvalue weighted by Crippen LogP contribution is 2.16. The highest BCUT2D eigenvalue weighted by atomic mass is 16.6. The number of carbonyl (C=O) groups excluding carboxylic acids is 3. The largest absolute Gasteiger partial charge is 0.462 e. The molecule has 0 fully saturated rings. The van der Waals surface area contributed by atoms with Gasteiger partial charge in [0.1, 0.15) is 13.2 Å². The number of esters is 3. The number of allylic oxidation sites excluding steroid dienone is 4. The third-order valence-electron chi connectivity index (χ3n) is 12.2. The Morgan fingerprint density at radius 2 is 0.581 bits per heavy atom. The van der Waals surface area contributed by atoms with Crippen molar-refractivity contribution in [1.82, 2.24) is 0 Å². The van der Waals surface area contributed by atoms with Crippen molar-refractivity contribution in [2.24, 2.45) is 0 Å². The lowest BCUT2D eigenvalue weighted by Crippen LogP contribution is -2.30. The normalized spacial score (nSPS) is 12.1. The second-order valence-corrected chi connectivity index (χ2v) is 18.5. The lowest BCUT2D eigenvalue weighted by molar-refractivity contribution is -0.167. The minimum absolute atomic E-state index is 0.0685. The Balaban J connectivity index is 4.07. The molecule has 1 unspecified atom stereocenters. The number of hydrogen-bond acceptors (Lipinski definition) is 6. The van der Waals surface area contributed by atoms with Crippen molar-refractivity contribution in [2.45, 2.75) is 303 Å². The molecule has 0 aromatic heterocycles. The topological polar surface area (TPSA) is 78.9 Å². The van der Waals surface area contributed by atoms with E-state index in [2.05, 4.69) is 45.1 Å². The fraction of sp³-hybridized carbons (Fsp3) is 0.875. The molecular weight excluding hydrogens is 769 g/mol. The first kappa shape index (κ1) is 59.9. The van der Waals surface area contributed by atoms with Crippen LogP contribution in [0.25, 0.3) is 0 Å². The summed E-state index contributed by atoms with van der Waals surface area (Å²) in [5, 5.41) is 0. The highest BCUT2D eigenvalue weighted by molar-refractivity contribution is 5.71. The molecule has 0 rings (SSSR count). The highest BCUT2D eigenvalue weighted by Gasteiger charge is 2.19. The zero-order valence-electron chi connectivity index (χ0n) is 41.7. The Hall–Kier alpha value is -2.11. The number of ether oxygens (including phenoxy) is 3. The van der Waals surface area contributed by atoms with Crippen LogP contribution in [0.4, 0.5) is 0 Å². The van der Waals surface area contributed by atoms with E-state index < -0.39 is 6.10 Å². The average Bonchev–Trinajstić information content (AvgIpc) is 3.27. The van der Waals surface area contributed by atoms with Crippen molar-refractivity contribution < 1.29 is 28.6 Å². The van der Waals surface area contributed by atoms with Crippen molar-refractivity contribution in [3.05, 3.63) is 24.3 Å². The molecule has 0 saturated carbocycles. The zero-order chi connectivity index (χ0) is 45.1. The molecule has 6 nitrogen and oxygen atoms in total. The SMILES string of the molecule is CCCCCCC/C=C\C/C=C\CCCCCCCCCCCCCC(=O)OCC(COC(=O)CCCCCCC)OC(=O)CCCCCCCCCCCCCCCCCC. The van der Waals surface area contributed by atoms with Crippen LogP contribution in [0.2, 0.25) is 0 Å². The van der Waals surface area contributed by atoms with Crippen LogP contribution in [0, 0.1) is 0 Å². The molecule has 364 valence electrons. The minimum Gasteiger partial charge on any atom is -0.462 e. The van der Waals surface area contributed by atoms with Gasteiger partial charge in [0.25, 0.3) is 0 Å². The molecule has 0 aliphatic heterocycles. The molecular formula is C56H104O6. The fourth-order valence-corrected chi connectivity index (χ4v) is 8.06. The van der Waals surface area contributed by atoms with E-state index in [1.54, 1.807) is 0 Å². The van der Waals surface area contributed by atoms with E-state index in [9.17, 15) is 14.4 Å². The maximum absolute atomic E-state index is 12.7. The Labute approximate surface area is 385 Å². The lowest BCUT2D eigenvalue weighted by atomic mass is 10.0. The van der Waals surface area contributed by atoms with Gasteiger partial charge in [-0.1, -0.05) is 251 Å². The molecule has 0 saturated heterocycles. The molecule has 0 aromatic rings. The number of carbonyl (C=O) groups is 3. The molecule has 0 amide bonds. The van der Waals surface area contributed by atoms with Crippen molar-refractivity contribution >= 4 is 17.9 Å². The third-order valence-corrected chi connectivity index (χ3v) is 12.2. The van der Waals surface area contributed by atoms with E-state index in [4.69, 9.17) is 14.2 Å². The first-order valence-electron chi connectivity index (χ1n) is 27.3. The molecule has 0 spiro atoms. The number of hydrogen-bond donors (Lipinski definition) is 0. The molecule has 62 heavy (non-hydrogen) atoms. The molecule has 1 atom stereocenters. The van der Waals surface area contributed by atoms with Crippen LogP contribution in [0.1, 0.15) is 297 Å². The van der Waals surface area contributed by atoms with E-state index in [1.807, 2.05) is 0 Å². The van der Waals surface area contributed by atoms with Gasteiger partial charge in [-0.3, -0.25) is 14.4 Å². The summed E-state index contributed by atoms with van der Waals surface area (Å²) in [4.78, 5) is 37.7. The Bertz CT molecular complexity index is 1000. The van der Waals surface area contributed by atoms with Gasteiger partial charge in [0, 0.05) is 19.3 Å². The molecule has 6 heteroatoms. The Morgan fingerprint density at radius 3 is 0.887 bits per heavy atom. The molecule has 0 aliphatic carbocycles. The van der Waals surface area contributed by atoms with Gasteiger partial charge in [-0.15, -0.1) is 0 Å². The summed E-state index contributed by atoms with van der Waals surface area (Å²) in [7, 11) is 0. The monoisotopic (exact) mass is 873 g/mol. The maximum atomic E-state index is 12.7. The van der Waals surface area contributed by atoms with E-state index in [0.717, 1.165) is 70.6 Å². The van der Waals surface area contributed by atoms with Gasteiger partial charge in [-0.25, -0.2) is 0 Å². The first-order valence-corrected chi connectivity index (χ1v) is 27.3. The molecule has 0 radical (unpaired) electrons. The summed E-state index contributed by atoms with van der Waals surface area (Å²) < 4.78 is 16.7. The fourth-order valence-electron chi connectivity index (χ4n) is 8.06. The molecule has 0 N–H and O–H groups in total. The van der Waals surface area contributed by atoms with Gasteiger partial charge in [-0.2, -0.15) is 0 Å². The maximum Gasteiger partial charge on any atom is 0.306 e. The van der Waals surface area contributed by atoms with Crippen molar-refractivity contribution in [3.8, 4) is 0 Å². The summed E-state index contributed by atoms with van der Waals surface area (Å²) in [6, 6.07) is 0. The number of unbranched alkanes of at least 4 members (excludes halogenated alkanes) is 35. The van der Waals surface area contributed by atoms with E-state index >= 15 is 0 Å². The van der Waals surface area contributed by atoms with Gasteiger partial charge in [0.2, 0.25) is 0 Å². The zero-order valence-corrected chi connectivity index (χ0v) is 41.7. The van der Waals surface area contributed by atoms with Gasteiger partial charge in [0.05, 0.1) is 0 Å². The van der Waals surface area contributed by atoms with Crippen LogP contribution in [-0.4, -0.2) is 37.2 Å². The lowest BCUT2D eigenvalue weighted by Gasteiger charge is -2.18. The summed E-state index contributed by atoms with van der Waals surface area (Å²) in [5.41, 5.74) is 0.